The molecule has 0 saturated carbocycles. The van der Waals surface area contributed by atoms with Gasteiger partial charge in [0.15, 0.2) is 5.11 Å². The summed E-state index contributed by atoms with van der Waals surface area (Å²) in [7, 11) is 0. The Morgan fingerprint density at radius 1 is 1.00 bits per heavy atom. The summed E-state index contributed by atoms with van der Waals surface area (Å²) < 4.78 is 2.27. The number of para-hydroxylation sites is 1. The standard InChI is InChI=1S/C29H29N5OS/c1-19-10-9-13-23(16-19)34-20(2)17-24(21(34)3)28-27(25-14-7-8-15-30-25)32-29(36)33(28)18-26(35)31-22-11-5-4-6-12-22/h4-17,27-28H,18H2,1-3H3,(H,31,35)(H,32,36). The first-order chi connectivity index (χ1) is 17.4. The van der Waals surface area contributed by atoms with Gasteiger partial charge in [0.2, 0.25) is 5.91 Å². The van der Waals surface area contributed by atoms with Crippen molar-refractivity contribution in [2.75, 3.05) is 11.9 Å². The van der Waals surface area contributed by atoms with E-state index in [9.17, 15) is 4.79 Å². The molecule has 1 aliphatic rings. The molecule has 7 heteroatoms. The van der Waals surface area contributed by atoms with Gasteiger partial charge in [0.05, 0.1) is 17.8 Å². The highest BCUT2D eigenvalue weighted by Gasteiger charge is 2.42. The van der Waals surface area contributed by atoms with Gasteiger partial charge in [-0.05, 0) is 86.6 Å². The van der Waals surface area contributed by atoms with Crippen LogP contribution < -0.4 is 10.6 Å². The van der Waals surface area contributed by atoms with Crippen LogP contribution in [0.3, 0.4) is 0 Å². The molecule has 5 rings (SSSR count). The molecule has 0 bridgehead atoms. The quantitative estimate of drug-likeness (QED) is 0.350. The number of aryl methyl sites for hydroxylation is 2. The number of carbonyl (C=O) groups excluding carboxylic acids is 1. The molecule has 0 radical (unpaired) electrons. The molecule has 182 valence electrons. The fourth-order valence-corrected chi connectivity index (χ4v) is 5.35. The van der Waals surface area contributed by atoms with Crippen LogP contribution in [0.25, 0.3) is 5.69 Å². The monoisotopic (exact) mass is 495 g/mol. The van der Waals surface area contributed by atoms with Gasteiger partial charge in [-0.1, -0.05) is 36.4 Å². The number of anilines is 1. The number of amides is 1. The van der Waals surface area contributed by atoms with Crippen molar-refractivity contribution in [3.63, 3.8) is 0 Å². The van der Waals surface area contributed by atoms with Crippen LogP contribution in [0.15, 0.2) is 85.1 Å². The summed E-state index contributed by atoms with van der Waals surface area (Å²) in [5.74, 6) is -0.121. The maximum Gasteiger partial charge on any atom is 0.244 e. The third-order valence-electron chi connectivity index (χ3n) is 6.62. The predicted octanol–water partition coefficient (Wildman–Crippen LogP) is 5.41. The summed E-state index contributed by atoms with van der Waals surface area (Å²) in [5, 5.41) is 6.98. The van der Waals surface area contributed by atoms with Crippen molar-refractivity contribution >= 4 is 28.9 Å². The Morgan fingerprint density at radius 2 is 1.78 bits per heavy atom. The van der Waals surface area contributed by atoms with Gasteiger partial charge in [-0.25, -0.2) is 0 Å². The Kier molecular flexibility index (Phi) is 6.57. The van der Waals surface area contributed by atoms with E-state index in [0.717, 1.165) is 34.0 Å². The molecule has 2 N–H and O–H groups in total. The number of benzene rings is 2. The van der Waals surface area contributed by atoms with Gasteiger partial charge in [-0.15, -0.1) is 0 Å². The Labute approximate surface area is 217 Å². The Morgan fingerprint density at radius 3 is 2.50 bits per heavy atom. The zero-order chi connectivity index (χ0) is 25.2. The minimum Gasteiger partial charge on any atom is -0.352 e. The molecule has 1 fully saturated rings. The third-order valence-corrected chi connectivity index (χ3v) is 6.97. The molecular formula is C29H29N5OS. The maximum atomic E-state index is 13.1. The number of nitrogens with zero attached hydrogens (tertiary/aromatic N) is 3. The Bertz CT molecular complexity index is 1400. The van der Waals surface area contributed by atoms with Crippen molar-refractivity contribution in [3.8, 4) is 5.69 Å². The predicted molar refractivity (Wildman–Crippen MR) is 147 cm³/mol. The number of aromatic nitrogens is 2. The zero-order valence-electron chi connectivity index (χ0n) is 20.6. The molecular weight excluding hydrogens is 466 g/mol. The zero-order valence-corrected chi connectivity index (χ0v) is 21.4. The summed E-state index contributed by atoms with van der Waals surface area (Å²) in [6.07, 6.45) is 1.79. The molecule has 2 aromatic carbocycles. The van der Waals surface area contributed by atoms with E-state index in [4.69, 9.17) is 12.2 Å². The molecule has 1 aliphatic heterocycles. The average molecular weight is 496 g/mol. The van der Waals surface area contributed by atoms with E-state index < -0.39 is 0 Å². The first kappa shape index (κ1) is 23.8. The Balaban J connectivity index is 1.54. The summed E-state index contributed by atoms with van der Waals surface area (Å²) in [5.41, 5.74) is 7.32. The van der Waals surface area contributed by atoms with E-state index >= 15 is 0 Å². The molecule has 1 amide bonds. The molecule has 4 aromatic rings. The van der Waals surface area contributed by atoms with E-state index in [0.29, 0.717) is 5.11 Å². The second-order valence-electron chi connectivity index (χ2n) is 9.17. The van der Waals surface area contributed by atoms with Gasteiger partial charge in [-0.2, -0.15) is 0 Å². The van der Waals surface area contributed by atoms with Gasteiger partial charge in [0.1, 0.15) is 6.54 Å². The molecule has 36 heavy (non-hydrogen) atoms. The van der Waals surface area contributed by atoms with Crippen LogP contribution in [0.4, 0.5) is 5.69 Å². The van der Waals surface area contributed by atoms with Gasteiger partial charge < -0.3 is 20.1 Å². The first-order valence-corrected chi connectivity index (χ1v) is 12.4. The number of hydrogen-bond donors (Lipinski definition) is 2. The van der Waals surface area contributed by atoms with Crippen LogP contribution in [-0.2, 0) is 4.79 Å². The maximum absolute atomic E-state index is 13.1. The van der Waals surface area contributed by atoms with Crippen molar-refractivity contribution in [2.24, 2.45) is 0 Å². The van der Waals surface area contributed by atoms with Crippen LogP contribution >= 0.6 is 12.2 Å². The second kappa shape index (κ2) is 9.95. The molecule has 2 aromatic heterocycles. The number of hydrogen-bond acceptors (Lipinski definition) is 3. The third kappa shape index (κ3) is 4.62. The normalized spacial score (nSPS) is 17.2. The van der Waals surface area contributed by atoms with E-state index in [1.807, 2.05) is 53.4 Å². The largest absolute Gasteiger partial charge is 0.352 e. The van der Waals surface area contributed by atoms with E-state index in [1.165, 1.54) is 5.56 Å². The first-order valence-electron chi connectivity index (χ1n) is 12.0. The molecule has 3 heterocycles. The second-order valence-corrected chi connectivity index (χ2v) is 9.56. The lowest BCUT2D eigenvalue weighted by atomic mass is 9.96. The Hall–Kier alpha value is -3.97. The van der Waals surface area contributed by atoms with E-state index in [2.05, 4.69) is 71.3 Å². The van der Waals surface area contributed by atoms with Crippen LogP contribution in [0.2, 0.25) is 0 Å². The summed E-state index contributed by atoms with van der Waals surface area (Å²) in [6.45, 7) is 6.47. The SMILES string of the molecule is Cc1cccc(-n2c(C)cc(C3C(c4ccccn4)NC(=S)N3CC(=O)Nc3ccccc3)c2C)c1. The van der Waals surface area contributed by atoms with Crippen molar-refractivity contribution in [3.05, 3.63) is 113 Å². The topological polar surface area (TPSA) is 62.2 Å². The van der Waals surface area contributed by atoms with Crippen LogP contribution in [0.1, 0.15) is 40.3 Å². The van der Waals surface area contributed by atoms with Gasteiger partial charge in [0.25, 0.3) is 0 Å². The lowest BCUT2D eigenvalue weighted by Gasteiger charge is -2.27. The molecule has 0 aliphatic carbocycles. The van der Waals surface area contributed by atoms with Crippen molar-refractivity contribution in [2.45, 2.75) is 32.9 Å². The fourth-order valence-electron chi connectivity index (χ4n) is 5.04. The van der Waals surface area contributed by atoms with E-state index in [1.54, 1.807) is 6.20 Å². The highest BCUT2D eigenvalue weighted by Crippen LogP contribution is 2.41. The van der Waals surface area contributed by atoms with Crippen LogP contribution in [-0.4, -0.2) is 32.0 Å². The van der Waals surface area contributed by atoms with Crippen LogP contribution in [0.5, 0.6) is 0 Å². The lowest BCUT2D eigenvalue weighted by Crippen LogP contribution is -2.37. The highest BCUT2D eigenvalue weighted by molar-refractivity contribution is 7.80. The number of thiocarbonyl (C=S) groups is 1. The van der Waals surface area contributed by atoms with Gasteiger partial charge in [-0.3, -0.25) is 9.78 Å². The molecule has 6 nitrogen and oxygen atoms in total. The van der Waals surface area contributed by atoms with E-state index in [-0.39, 0.29) is 24.5 Å². The highest BCUT2D eigenvalue weighted by atomic mass is 32.1. The average Bonchev–Trinajstić information content (AvgIpc) is 3.35. The molecule has 0 spiro atoms. The fraction of sp³-hybridized carbons (Fsp3) is 0.207. The molecule has 2 atom stereocenters. The summed E-state index contributed by atoms with van der Waals surface area (Å²) in [4.78, 5) is 19.7. The smallest absolute Gasteiger partial charge is 0.244 e. The molecule has 2 unspecified atom stereocenters. The lowest BCUT2D eigenvalue weighted by molar-refractivity contribution is -0.116. The van der Waals surface area contributed by atoms with Gasteiger partial charge in [0, 0.05) is 29.0 Å². The van der Waals surface area contributed by atoms with Crippen molar-refractivity contribution in [1.29, 1.82) is 0 Å². The minimum absolute atomic E-state index is 0.121. The number of pyridine rings is 1. The number of rotatable bonds is 6. The molecule has 1 saturated heterocycles. The summed E-state index contributed by atoms with van der Waals surface area (Å²) >= 11 is 5.77. The number of nitrogens with one attached hydrogen (secondary N) is 2. The van der Waals surface area contributed by atoms with Crippen LogP contribution in [0, 0.1) is 20.8 Å². The number of carbonyl (C=O) groups is 1. The minimum atomic E-state index is -0.196. The van der Waals surface area contributed by atoms with Crippen molar-refractivity contribution in [1.82, 2.24) is 19.8 Å². The van der Waals surface area contributed by atoms with Gasteiger partial charge >= 0.3 is 0 Å². The summed E-state index contributed by atoms with van der Waals surface area (Å²) in [6, 6.07) is 25.7. The van der Waals surface area contributed by atoms with Crippen molar-refractivity contribution < 1.29 is 4.79 Å².